The number of aliphatic hydroxyl groups excluding tert-OH is 1. The molecular weight excluding hydrogens is 214 g/mol. The fourth-order valence-electron chi connectivity index (χ4n) is 1.71. The predicted molar refractivity (Wildman–Crippen MR) is 74.4 cm³/mol. The minimum absolute atomic E-state index is 0.266. The first kappa shape index (κ1) is 16.8. The van der Waals surface area contributed by atoms with Crippen LogP contribution in [0.4, 0.5) is 0 Å². The molecule has 0 radical (unpaired) electrons. The van der Waals surface area contributed by atoms with Crippen molar-refractivity contribution in [1.29, 1.82) is 0 Å². The van der Waals surface area contributed by atoms with Crippen LogP contribution in [-0.2, 0) is 0 Å². The SMILES string of the molecule is CC(C)CNCC(O)CN(C)CCCN(C)C. The van der Waals surface area contributed by atoms with E-state index in [-0.39, 0.29) is 6.10 Å². The Morgan fingerprint density at radius 3 is 2.24 bits per heavy atom. The van der Waals surface area contributed by atoms with Crippen LogP contribution in [0.3, 0.4) is 0 Å². The summed E-state index contributed by atoms with van der Waals surface area (Å²) in [5.74, 6) is 0.639. The van der Waals surface area contributed by atoms with E-state index in [1.165, 1.54) is 0 Å². The van der Waals surface area contributed by atoms with E-state index in [1.807, 2.05) is 0 Å². The lowest BCUT2D eigenvalue weighted by atomic mass is 10.2. The zero-order valence-corrected chi connectivity index (χ0v) is 12.2. The van der Waals surface area contributed by atoms with Crippen molar-refractivity contribution in [2.24, 2.45) is 5.92 Å². The van der Waals surface area contributed by atoms with Crippen molar-refractivity contribution >= 4 is 0 Å². The molecular formula is C13H31N3O. The lowest BCUT2D eigenvalue weighted by molar-refractivity contribution is 0.121. The molecule has 0 saturated carbocycles. The van der Waals surface area contributed by atoms with Gasteiger partial charge in [0.2, 0.25) is 0 Å². The van der Waals surface area contributed by atoms with Crippen LogP contribution >= 0.6 is 0 Å². The van der Waals surface area contributed by atoms with Crippen molar-refractivity contribution in [2.75, 3.05) is 53.9 Å². The van der Waals surface area contributed by atoms with Crippen LogP contribution in [0.5, 0.6) is 0 Å². The molecule has 0 aliphatic heterocycles. The second-order valence-electron chi connectivity index (χ2n) is 5.62. The summed E-state index contributed by atoms with van der Waals surface area (Å²) in [6.45, 7) is 8.90. The highest BCUT2D eigenvalue weighted by Gasteiger charge is 2.07. The third-order valence-electron chi connectivity index (χ3n) is 2.60. The Kier molecular flexibility index (Phi) is 9.74. The maximum absolute atomic E-state index is 9.83. The number of nitrogens with zero attached hydrogens (tertiary/aromatic N) is 2. The fourth-order valence-corrected chi connectivity index (χ4v) is 1.71. The average molecular weight is 245 g/mol. The maximum atomic E-state index is 9.83. The zero-order chi connectivity index (χ0) is 13.3. The Morgan fingerprint density at radius 2 is 1.71 bits per heavy atom. The van der Waals surface area contributed by atoms with E-state index in [0.717, 1.165) is 32.6 Å². The summed E-state index contributed by atoms with van der Waals surface area (Å²) in [5, 5.41) is 13.1. The summed E-state index contributed by atoms with van der Waals surface area (Å²) in [6.07, 6.45) is 0.883. The minimum atomic E-state index is -0.266. The Labute approximate surface area is 107 Å². The summed E-state index contributed by atoms with van der Waals surface area (Å²) in [6, 6.07) is 0. The van der Waals surface area contributed by atoms with Crippen molar-refractivity contribution in [2.45, 2.75) is 26.4 Å². The molecule has 4 heteroatoms. The summed E-state index contributed by atoms with van der Waals surface area (Å²) in [7, 11) is 6.25. The molecule has 0 bridgehead atoms. The lowest BCUT2D eigenvalue weighted by Gasteiger charge is -2.22. The highest BCUT2D eigenvalue weighted by Crippen LogP contribution is 1.93. The van der Waals surface area contributed by atoms with Crippen molar-refractivity contribution < 1.29 is 5.11 Å². The largest absolute Gasteiger partial charge is 0.390 e. The normalized spacial score (nSPS) is 13.9. The number of nitrogens with one attached hydrogen (secondary N) is 1. The monoisotopic (exact) mass is 245 g/mol. The smallest absolute Gasteiger partial charge is 0.0791 e. The van der Waals surface area contributed by atoms with Crippen LogP contribution in [0.15, 0.2) is 0 Å². The molecule has 0 aromatic carbocycles. The van der Waals surface area contributed by atoms with Crippen LogP contribution in [0.25, 0.3) is 0 Å². The van der Waals surface area contributed by atoms with E-state index in [9.17, 15) is 5.11 Å². The first-order valence-electron chi connectivity index (χ1n) is 6.64. The number of likely N-dealkylation sites (N-methyl/N-ethyl adjacent to an activating group) is 1. The zero-order valence-electron chi connectivity index (χ0n) is 12.2. The molecule has 0 heterocycles. The lowest BCUT2D eigenvalue weighted by Crippen LogP contribution is -2.38. The van der Waals surface area contributed by atoms with Gasteiger partial charge in [-0.25, -0.2) is 0 Å². The molecule has 0 aliphatic rings. The molecule has 0 aromatic heterocycles. The van der Waals surface area contributed by atoms with Crippen molar-refractivity contribution in [1.82, 2.24) is 15.1 Å². The number of hydrogen-bond acceptors (Lipinski definition) is 4. The molecule has 17 heavy (non-hydrogen) atoms. The molecule has 0 saturated heterocycles. The van der Waals surface area contributed by atoms with Crippen LogP contribution in [-0.4, -0.2) is 74.9 Å². The van der Waals surface area contributed by atoms with Gasteiger partial charge in [0.1, 0.15) is 0 Å². The molecule has 0 aromatic rings. The topological polar surface area (TPSA) is 38.7 Å². The first-order valence-corrected chi connectivity index (χ1v) is 6.64. The van der Waals surface area contributed by atoms with E-state index in [1.54, 1.807) is 0 Å². The Hall–Kier alpha value is -0.160. The number of hydrogen-bond donors (Lipinski definition) is 2. The third-order valence-corrected chi connectivity index (χ3v) is 2.60. The van der Waals surface area contributed by atoms with Gasteiger partial charge in [-0.15, -0.1) is 0 Å². The van der Waals surface area contributed by atoms with Gasteiger partial charge in [0.25, 0.3) is 0 Å². The average Bonchev–Trinajstić information content (AvgIpc) is 2.15. The summed E-state index contributed by atoms with van der Waals surface area (Å²) in [5.41, 5.74) is 0. The number of aliphatic hydroxyl groups is 1. The van der Waals surface area contributed by atoms with Gasteiger partial charge in [0.05, 0.1) is 6.10 Å². The quantitative estimate of drug-likeness (QED) is 0.587. The van der Waals surface area contributed by atoms with Gasteiger partial charge < -0.3 is 20.2 Å². The molecule has 1 atom stereocenters. The first-order chi connectivity index (χ1) is 7.91. The van der Waals surface area contributed by atoms with Crippen molar-refractivity contribution in [3.05, 3.63) is 0 Å². The number of rotatable bonds is 10. The molecule has 104 valence electrons. The van der Waals surface area contributed by atoms with Crippen LogP contribution < -0.4 is 5.32 Å². The molecule has 0 spiro atoms. The summed E-state index contributed by atoms with van der Waals surface area (Å²) < 4.78 is 0. The van der Waals surface area contributed by atoms with Crippen LogP contribution in [0.2, 0.25) is 0 Å². The van der Waals surface area contributed by atoms with Gasteiger partial charge in [-0.1, -0.05) is 13.8 Å². The standard InChI is InChI=1S/C13H31N3O/c1-12(2)9-14-10-13(17)11-16(5)8-6-7-15(3)4/h12-14,17H,6-11H2,1-5H3. The van der Waals surface area contributed by atoms with E-state index >= 15 is 0 Å². The van der Waals surface area contributed by atoms with Gasteiger partial charge in [-0.2, -0.15) is 0 Å². The Bertz CT molecular complexity index is 156. The van der Waals surface area contributed by atoms with E-state index in [0.29, 0.717) is 12.5 Å². The highest BCUT2D eigenvalue weighted by atomic mass is 16.3. The maximum Gasteiger partial charge on any atom is 0.0791 e. The molecule has 0 fully saturated rings. The van der Waals surface area contributed by atoms with E-state index < -0.39 is 0 Å². The van der Waals surface area contributed by atoms with Gasteiger partial charge in [-0.05, 0) is 53.1 Å². The molecule has 0 rings (SSSR count). The minimum Gasteiger partial charge on any atom is -0.390 e. The second kappa shape index (κ2) is 9.83. The van der Waals surface area contributed by atoms with Gasteiger partial charge in [0.15, 0.2) is 0 Å². The molecule has 0 aliphatic carbocycles. The summed E-state index contributed by atoms with van der Waals surface area (Å²) >= 11 is 0. The molecule has 2 N–H and O–H groups in total. The highest BCUT2D eigenvalue weighted by molar-refractivity contribution is 4.65. The Morgan fingerprint density at radius 1 is 1.06 bits per heavy atom. The van der Waals surface area contributed by atoms with Gasteiger partial charge in [-0.3, -0.25) is 0 Å². The van der Waals surface area contributed by atoms with Crippen LogP contribution in [0, 0.1) is 5.92 Å². The second-order valence-corrected chi connectivity index (χ2v) is 5.62. The van der Waals surface area contributed by atoms with Gasteiger partial charge >= 0.3 is 0 Å². The molecule has 0 amide bonds. The summed E-state index contributed by atoms with van der Waals surface area (Å²) in [4.78, 5) is 4.39. The molecule has 1 unspecified atom stereocenters. The third kappa shape index (κ3) is 12.1. The Balaban J connectivity index is 3.48. The van der Waals surface area contributed by atoms with Crippen LogP contribution in [0.1, 0.15) is 20.3 Å². The van der Waals surface area contributed by atoms with Crippen molar-refractivity contribution in [3.8, 4) is 0 Å². The van der Waals surface area contributed by atoms with E-state index in [4.69, 9.17) is 0 Å². The van der Waals surface area contributed by atoms with Gasteiger partial charge in [0, 0.05) is 13.1 Å². The predicted octanol–water partition coefficient (Wildman–Crippen LogP) is 0.476. The fraction of sp³-hybridized carbons (Fsp3) is 1.00. The molecule has 4 nitrogen and oxygen atoms in total. The van der Waals surface area contributed by atoms with Crippen molar-refractivity contribution in [3.63, 3.8) is 0 Å². The van der Waals surface area contributed by atoms with E-state index in [2.05, 4.69) is 50.1 Å².